The number of oxime groups is 1. The number of anilines is 1. The Hall–Kier alpha value is -2.41. The highest BCUT2D eigenvalue weighted by atomic mass is 32.1. The third-order valence-electron chi connectivity index (χ3n) is 5.93. The van der Waals surface area contributed by atoms with E-state index >= 15 is 0 Å². The van der Waals surface area contributed by atoms with Crippen molar-refractivity contribution in [2.45, 2.75) is 64.9 Å². The highest BCUT2D eigenvalue weighted by Crippen LogP contribution is 2.32. The summed E-state index contributed by atoms with van der Waals surface area (Å²) in [6, 6.07) is 6.12. The summed E-state index contributed by atoms with van der Waals surface area (Å²) in [5.41, 5.74) is 5.06. The monoisotopic (exact) mass is 426 g/mol. The van der Waals surface area contributed by atoms with Crippen molar-refractivity contribution in [3.05, 3.63) is 45.4 Å². The van der Waals surface area contributed by atoms with Gasteiger partial charge in [0.05, 0.1) is 10.7 Å². The number of piperidine rings is 1. The number of aromatic nitrogens is 1. The van der Waals surface area contributed by atoms with Crippen LogP contribution >= 0.6 is 11.3 Å². The van der Waals surface area contributed by atoms with Crippen molar-refractivity contribution in [2.24, 2.45) is 5.16 Å². The Kier molecular flexibility index (Phi) is 6.37. The fraction of sp³-hybridized carbons (Fsp3) is 0.522. The summed E-state index contributed by atoms with van der Waals surface area (Å²) in [6.07, 6.45) is 5.07. The summed E-state index contributed by atoms with van der Waals surface area (Å²) in [4.78, 5) is 25.0. The topological polar surface area (TPSA) is 66.8 Å². The Morgan fingerprint density at radius 3 is 2.87 bits per heavy atom. The lowest BCUT2D eigenvalue weighted by atomic mass is 9.97. The Balaban J connectivity index is 1.31. The molecule has 2 aliphatic heterocycles. The van der Waals surface area contributed by atoms with Crippen LogP contribution in [0.25, 0.3) is 0 Å². The van der Waals surface area contributed by atoms with Crippen LogP contribution in [-0.4, -0.2) is 40.8 Å². The number of rotatable bonds is 5. The van der Waals surface area contributed by atoms with Crippen LogP contribution in [0.15, 0.2) is 28.7 Å². The lowest BCUT2D eigenvalue weighted by molar-refractivity contribution is 0.0786. The Labute approximate surface area is 182 Å². The van der Waals surface area contributed by atoms with E-state index in [-0.39, 0.29) is 12.1 Å². The first-order valence-corrected chi connectivity index (χ1v) is 11.7. The summed E-state index contributed by atoms with van der Waals surface area (Å²) >= 11 is 1.71. The van der Waals surface area contributed by atoms with Crippen LogP contribution in [0.2, 0.25) is 0 Å². The van der Waals surface area contributed by atoms with E-state index in [0.29, 0.717) is 5.92 Å². The van der Waals surface area contributed by atoms with Crippen LogP contribution in [0.4, 0.5) is 10.5 Å². The minimum atomic E-state index is -0.0126. The number of benzene rings is 1. The molecule has 1 aromatic carbocycles. The van der Waals surface area contributed by atoms with E-state index in [2.05, 4.69) is 28.8 Å². The van der Waals surface area contributed by atoms with Crippen molar-refractivity contribution < 1.29 is 9.63 Å². The zero-order chi connectivity index (χ0) is 21.1. The van der Waals surface area contributed by atoms with Gasteiger partial charge in [-0.15, -0.1) is 11.3 Å². The number of thiazole rings is 1. The molecular weight excluding hydrogens is 396 g/mol. The van der Waals surface area contributed by atoms with Crippen LogP contribution in [-0.2, 0) is 4.84 Å². The zero-order valence-electron chi connectivity index (χ0n) is 18.0. The van der Waals surface area contributed by atoms with Crippen LogP contribution in [0.3, 0.4) is 0 Å². The molecule has 4 rings (SSSR count). The summed E-state index contributed by atoms with van der Waals surface area (Å²) in [5.74, 6) is 0.405. The molecule has 1 saturated heterocycles. The van der Waals surface area contributed by atoms with Crippen molar-refractivity contribution in [1.82, 2.24) is 9.88 Å². The third-order valence-corrected chi connectivity index (χ3v) is 6.93. The van der Waals surface area contributed by atoms with Crippen LogP contribution in [0, 0.1) is 13.8 Å². The Morgan fingerprint density at radius 2 is 2.10 bits per heavy atom. The summed E-state index contributed by atoms with van der Waals surface area (Å²) in [6.45, 7) is 7.72. The van der Waals surface area contributed by atoms with Gasteiger partial charge >= 0.3 is 6.03 Å². The summed E-state index contributed by atoms with van der Waals surface area (Å²) < 4.78 is 0. The molecule has 0 spiro atoms. The van der Waals surface area contributed by atoms with Gasteiger partial charge in [-0.2, -0.15) is 0 Å². The van der Waals surface area contributed by atoms with Gasteiger partial charge in [-0.3, -0.25) is 0 Å². The highest BCUT2D eigenvalue weighted by molar-refractivity contribution is 7.10. The van der Waals surface area contributed by atoms with E-state index in [1.165, 1.54) is 0 Å². The molecule has 1 unspecified atom stereocenters. The number of likely N-dealkylation sites (tertiary alicyclic amines) is 1. The van der Waals surface area contributed by atoms with E-state index < -0.39 is 0 Å². The number of urea groups is 1. The smallest absolute Gasteiger partial charge is 0.321 e. The molecule has 160 valence electrons. The molecule has 0 bridgehead atoms. The van der Waals surface area contributed by atoms with Gasteiger partial charge in [0.2, 0.25) is 0 Å². The predicted octanol–water partition coefficient (Wildman–Crippen LogP) is 5.46. The fourth-order valence-electron chi connectivity index (χ4n) is 4.06. The number of carbonyl (C=O) groups is 1. The van der Waals surface area contributed by atoms with E-state index in [4.69, 9.17) is 9.82 Å². The molecule has 7 heteroatoms. The first kappa shape index (κ1) is 20.8. The van der Waals surface area contributed by atoms with Gasteiger partial charge < -0.3 is 15.1 Å². The van der Waals surface area contributed by atoms with Crippen molar-refractivity contribution in [1.29, 1.82) is 0 Å². The first-order valence-electron chi connectivity index (χ1n) is 10.8. The Morgan fingerprint density at radius 1 is 1.30 bits per heavy atom. The number of hydrogen-bond acceptors (Lipinski definition) is 5. The maximum absolute atomic E-state index is 12.7. The third kappa shape index (κ3) is 4.67. The molecular formula is C23H30N4O2S. The summed E-state index contributed by atoms with van der Waals surface area (Å²) in [5, 5.41) is 10.6. The molecule has 1 fully saturated rings. The average Bonchev–Trinajstić information content (AvgIpc) is 3.41. The molecule has 0 radical (unpaired) electrons. The van der Waals surface area contributed by atoms with Gasteiger partial charge in [-0.05, 0) is 50.3 Å². The van der Waals surface area contributed by atoms with Crippen molar-refractivity contribution in [3.8, 4) is 0 Å². The number of hydrogen-bond donors (Lipinski definition) is 1. The number of carbonyl (C=O) groups excluding carboxylic acids is 1. The number of aryl methyl sites for hydroxylation is 2. The SMILES string of the molecule is CCCC1CC(c2csc(C3CCN(C(=O)Nc4cc(C)ccc4C)CC3)n2)=NO1. The predicted molar refractivity (Wildman–Crippen MR) is 122 cm³/mol. The van der Waals surface area contributed by atoms with Gasteiger partial charge in [0.15, 0.2) is 0 Å². The van der Waals surface area contributed by atoms with E-state index in [0.717, 1.165) is 78.4 Å². The molecule has 2 aliphatic rings. The molecule has 2 aromatic rings. The minimum absolute atomic E-state index is 0.0126. The minimum Gasteiger partial charge on any atom is -0.392 e. The molecule has 1 N–H and O–H groups in total. The van der Waals surface area contributed by atoms with E-state index in [1.54, 1.807) is 11.3 Å². The van der Waals surface area contributed by atoms with Gasteiger partial charge in [-0.25, -0.2) is 9.78 Å². The van der Waals surface area contributed by atoms with E-state index in [1.807, 2.05) is 30.9 Å². The van der Waals surface area contributed by atoms with Gasteiger partial charge in [0.25, 0.3) is 0 Å². The number of nitrogens with zero attached hydrogens (tertiary/aromatic N) is 3. The normalized spacial score (nSPS) is 19.5. The first-order chi connectivity index (χ1) is 14.5. The lowest BCUT2D eigenvalue weighted by Gasteiger charge is -2.31. The van der Waals surface area contributed by atoms with Gasteiger partial charge in [0.1, 0.15) is 11.8 Å². The quantitative estimate of drug-likeness (QED) is 0.690. The average molecular weight is 427 g/mol. The second kappa shape index (κ2) is 9.16. The molecule has 0 saturated carbocycles. The molecule has 3 heterocycles. The largest absolute Gasteiger partial charge is 0.392 e. The molecule has 30 heavy (non-hydrogen) atoms. The number of amides is 2. The van der Waals surface area contributed by atoms with Gasteiger partial charge in [-0.1, -0.05) is 30.6 Å². The van der Waals surface area contributed by atoms with Crippen molar-refractivity contribution in [2.75, 3.05) is 18.4 Å². The van der Waals surface area contributed by atoms with Crippen molar-refractivity contribution in [3.63, 3.8) is 0 Å². The molecule has 1 aromatic heterocycles. The van der Waals surface area contributed by atoms with Crippen LogP contribution < -0.4 is 5.32 Å². The molecule has 6 nitrogen and oxygen atoms in total. The standard InChI is InChI=1S/C23H30N4O2S/c1-4-5-18-13-20(26-29-18)21-14-30-22(24-21)17-8-10-27(11-9-17)23(28)25-19-12-15(2)6-7-16(19)3/h6-7,12,14,17-18H,4-5,8-11,13H2,1-3H3,(H,25,28). The fourth-order valence-corrected chi connectivity index (χ4v) is 5.06. The van der Waals surface area contributed by atoms with Gasteiger partial charge in [0, 0.05) is 36.5 Å². The Bertz CT molecular complexity index is 931. The highest BCUT2D eigenvalue weighted by Gasteiger charge is 2.28. The summed E-state index contributed by atoms with van der Waals surface area (Å²) in [7, 11) is 0. The molecule has 2 amide bonds. The maximum atomic E-state index is 12.7. The number of nitrogens with one attached hydrogen (secondary N) is 1. The van der Waals surface area contributed by atoms with Crippen molar-refractivity contribution >= 4 is 28.8 Å². The zero-order valence-corrected chi connectivity index (χ0v) is 18.8. The second-order valence-electron chi connectivity index (χ2n) is 8.34. The lowest BCUT2D eigenvalue weighted by Crippen LogP contribution is -2.40. The maximum Gasteiger partial charge on any atom is 0.321 e. The van der Waals surface area contributed by atoms with E-state index in [9.17, 15) is 4.79 Å². The molecule has 1 atom stereocenters. The van der Waals surface area contributed by atoms with Crippen LogP contribution in [0.1, 0.15) is 66.8 Å². The van der Waals surface area contributed by atoms with Crippen LogP contribution in [0.5, 0.6) is 0 Å². The second-order valence-corrected chi connectivity index (χ2v) is 9.23. The molecule has 0 aliphatic carbocycles.